The fourth-order valence-corrected chi connectivity index (χ4v) is 2.76. The normalized spacial score (nSPS) is 10.6. The molecule has 5 nitrogen and oxygen atoms in total. The average molecular weight is 376 g/mol. The molecule has 0 radical (unpaired) electrons. The van der Waals surface area contributed by atoms with Crippen LogP contribution in [0, 0.1) is 0 Å². The minimum atomic E-state index is 0.0615. The van der Waals surface area contributed by atoms with Crippen molar-refractivity contribution in [2.75, 3.05) is 11.9 Å². The first-order valence-corrected chi connectivity index (χ1v) is 6.97. The number of benzene rings is 1. The predicted molar refractivity (Wildman–Crippen MR) is 76.3 cm³/mol. The van der Waals surface area contributed by atoms with E-state index in [-0.39, 0.29) is 6.61 Å². The fraction of sp³-hybridized carbons (Fsp3) is 0.273. The van der Waals surface area contributed by atoms with Gasteiger partial charge in [0.05, 0.1) is 31.6 Å². The lowest BCUT2D eigenvalue weighted by Gasteiger charge is -2.08. The smallest absolute Gasteiger partial charge is 0.102 e. The third kappa shape index (κ3) is 3.30. The number of hydrogen-bond acceptors (Lipinski definition) is 4. The average Bonchev–Trinajstić information content (AvgIpc) is 2.77. The van der Waals surface area contributed by atoms with E-state index in [1.54, 1.807) is 4.68 Å². The molecule has 0 aliphatic carbocycles. The Hall–Kier alpha value is -0.920. The summed E-state index contributed by atoms with van der Waals surface area (Å²) in [6.07, 6.45) is 1.81. The summed E-state index contributed by atoms with van der Waals surface area (Å²) in [6, 6.07) is 5.89. The fourth-order valence-electron chi connectivity index (χ4n) is 1.48. The second kappa shape index (κ2) is 6.31. The number of halogens is 2. The molecule has 0 atom stereocenters. The van der Waals surface area contributed by atoms with Gasteiger partial charge in [-0.25, -0.2) is 4.68 Å². The molecule has 0 aliphatic rings. The van der Waals surface area contributed by atoms with Crippen LogP contribution in [-0.4, -0.2) is 26.7 Å². The summed E-state index contributed by atoms with van der Waals surface area (Å²) in [5, 5.41) is 20.0. The standard InChI is InChI=1S/C11H12Br2N4O/c12-9-2-1-3-10(13)11(9)14-6-8-7-17(4-5-18)16-15-8/h1-3,7,14,18H,4-6H2. The Morgan fingerprint density at radius 2 is 2.00 bits per heavy atom. The monoisotopic (exact) mass is 374 g/mol. The van der Waals surface area contributed by atoms with Gasteiger partial charge < -0.3 is 10.4 Å². The Kier molecular flexibility index (Phi) is 4.73. The third-order valence-electron chi connectivity index (χ3n) is 2.32. The van der Waals surface area contributed by atoms with Crippen LogP contribution in [0.15, 0.2) is 33.3 Å². The predicted octanol–water partition coefficient (Wildman–Crippen LogP) is 2.41. The molecule has 18 heavy (non-hydrogen) atoms. The van der Waals surface area contributed by atoms with Crippen molar-refractivity contribution in [2.45, 2.75) is 13.1 Å². The van der Waals surface area contributed by atoms with Crippen LogP contribution in [0.5, 0.6) is 0 Å². The van der Waals surface area contributed by atoms with Crippen molar-refractivity contribution in [2.24, 2.45) is 0 Å². The van der Waals surface area contributed by atoms with Crippen LogP contribution in [0.4, 0.5) is 5.69 Å². The van der Waals surface area contributed by atoms with E-state index in [4.69, 9.17) is 5.11 Å². The van der Waals surface area contributed by atoms with Gasteiger partial charge in [-0.3, -0.25) is 0 Å². The number of aromatic nitrogens is 3. The van der Waals surface area contributed by atoms with Crippen molar-refractivity contribution < 1.29 is 5.11 Å². The van der Waals surface area contributed by atoms with Gasteiger partial charge in [-0.1, -0.05) is 11.3 Å². The minimum absolute atomic E-state index is 0.0615. The molecule has 0 amide bonds. The van der Waals surface area contributed by atoms with E-state index in [1.165, 1.54) is 0 Å². The molecular weight excluding hydrogens is 364 g/mol. The number of rotatable bonds is 5. The zero-order valence-corrected chi connectivity index (χ0v) is 12.6. The number of para-hydroxylation sites is 1. The van der Waals surface area contributed by atoms with Gasteiger partial charge in [0.15, 0.2) is 0 Å². The van der Waals surface area contributed by atoms with E-state index < -0.39 is 0 Å². The van der Waals surface area contributed by atoms with Crippen molar-refractivity contribution in [3.05, 3.63) is 39.0 Å². The number of nitrogens with one attached hydrogen (secondary N) is 1. The minimum Gasteiger partial charge on any atom is -0.394 e. The first-order valence-electron chi connectivity index (χ1n) is 5.38. The summed E-state index contributed by atoms with van der Waals surface area (Å²) >= 11 is 6.97. The Morgan fingerprint density at radius 1 is 1.28 bits per heavy atom. The first-order chi connectivity index (χ1) is 8.70. The molecule has 1 aromatic carbocycles. The molecule has 96 valence electrons. The van der Waals surface area contributed by atoms with Crippen molar-refractivity contribution in [3.63, 3.8) is 0 Å². The Balaban J connectivity index is 2.02. The first kappa shape index (κ1) is 13.5. The maximum Gasteiger partial charge on any atom is 0.102 e. The molecule has 0 aliphatic heterocycles. The number of nitrogens with zero attached hydrogens (tertiary/aromatic N) is 3. The van der Waals surface area contributed by atoms with E-state index >= 15 is 0 Å². The van der Waals surface area contributed by atoms with Crippen LogP contribution in [-0.2, 0) is 13.1 Å². The molecule has 0 bridgehead atoms. The van der Waals surface area contributed by atoms with Gasteiger partial charge in [0.25, 0.3) is 0 Å². The molecule has 1 heterocycles. The molecular formula is C11H12Br2N4O. The quantitative estimate of drug-likeness (QED) is 0.842. The van der Waals surface area contributed by atoms with Gasteiger partial charge in [-0.2, -0.15) is 0 Å². The Bertz CT molecular complexity index is 509. The molecule has 1 aromatic heterocycles. The van der Waals surface area contributed by atoms with Gasteiger partial charge in [0.1, 0.15) is 5.69 Å². The Morgan fingerprint density at radius 3 is 2.67 bits per heavy atom. The molecule has 2 rings (SSSR count). The van der Waals surface area contributed by atoms with Gasteiger partial charge in [0, 0.05) is 8.95 Å². The zero-order valence-electron chi connectivity index (χ0n) is 9.48. The second-order valence-electron chi connectivity index (χ2n) is 3.65. The number of aliphatic hydroxyl groups is 1. The summed E-state index contributed by atoms with van der Waals surface area (Å²) < 4.78 is 3.59. The van der Waals surface area contributed by atoms with Crippen molar-refractivity contribution in [1.82, 2.24) is 15.0 Å². The Labute approximate surface area is 121 Å². The van der Waals surface area contributed by atoms with Crippen molar-refractivity contribution >= 4 is 37.5 Å². The molecule has 0 spiro atoms. The van der Waals surface area contributed by atoms with Crippen molar-refractivity contribution in [1.29, 1.82) is 0 Å². The summed E-state index contributed by atoms with van der Waals surface area (Å²) in [4.78, 5) is 0. The van der Waals surface area contributed by atoms with E-state index in [0.29, 0.717) is 13.1 Å². The van der Waals surface area contributed by atoms with Crippen molar-refractivity contribution in [3.8, 4) is 0 Å². The lowest BCUT2D eigenvalue weighted by atomic mass is 10.3. The zero-order chi connectivity index (χ0) is 13.0. The molecule has 0 unspecified atom stereocenters. The molecule has 7 heteroatoms. The van der Waals surface area contributed by atoms with E-state index in [1.807, 2.05) is 24.4 Å². The van der Waals surface area contributed by atoms with E-state index in [9.17, 15) is 0 Å². The molecule has 0 saturated carbocycles. The summed E-state index contributed by atoms with van der Waals surface area (Å²) in [5.74, 6) is 0. The SMILES string of the molecule is OCCn1cc(CNc2c(Br)cccc2Br)nn1. The van der Waals surface area contributed by atoms with Gasteiger partial charge in [0.2, 0.25) is 0 Å². The number of hydrogen-bond donors (Lipinski definition) is 2. The van der Waals surface area contributed by atoms with Gasteiger partial charge in [-0.15, -0.1) is 5.10 Å². The highest BCUT2D eigenvalue weighted by Gasteiger charge is 2.05. The molecule has 2 aromatic rings. The van der Waals surface area contributed by atoms with Crippen LogP contribution in [0.1, 0.15) is 5.69 Å². The highest BCUT2D eigenvalue weighted by molar-refractivity contribution is 9.11. The van der Waals surface area contributed by atoms with E-state index in [0.717, 1.165) is 20.3 Å². The summed E-state index contributed by atoms with van der Waals surface area (Å²) in [7, 11) is 0. The van der Waals surface area contributed by atoms with Crippen LogP contribution < -0.4 is 5.32 Å². The van der Waals surface area contributed by atoms with Crippen LogP contribution in [0.25, 0.3) is 0 Å². The van der Waals surface area contributed by atoms with Crippen LogP contribution in [0.2, 0.25) is 0 Å². The highest BCUT2D eigenvalue weighted by atomic mass is 79.9. The second-order valence-corrected chi connectivity index (χ2v) is 5.36. The molecule has 2 N–H and O–H groups in total. The largest absolute Gasteiger partial charge is 0.394 e. The van der Waals surface area contributed by atoms with Crippen LogP contribution in [0.3, 0.4) is 0 Å². The number of anilines is 1. The number of aliphatic hydroxyl groups excluding tert-OH is 1. The summed E-state index contributed by atoms with van der Waals surface area (Å²) in [6.45, 7) is 1.10. The third-order valence-corrected chi connectivity index (χ3v) is 3.65. The van der Waals surface area contributed by atoms with Crippen LogP contribution >= 0.6 is 31.9 Å². The molecule has 0 fully saturated rings. The topological polar surface area (TPSA) is 63.0 Å². The maximum atomic E-state index is 8.79. The highest BCUT2D eigenvalue weighted by Crippen LogP contribution is 2.30. The van der Waals surface area contributed by atoms with Gasteiger partial charge in [-0.05, 0) is 44.0 Å². The maximum absolute atomic E-state index is 8.79. The molecule has 0 saturated heterocycles. The lowest BCUT2D eigenvalue weighted by Crippen LogP contribution is -2.02. The van der Waals surface area contributed by atoms with E-state index in [2.05, 4.69) is 47.5 Å². The van der Waals surface area contributed by atoms with Gasteiger partial charge >= 0.3 is 0 Å². The lowest BCUT2D eigenvalue weighted by molar-refractivity contribution is 0.268. The summed E-state index contributed by atoms with van der Waals surface area (Å²) in [5.41, 5.74) is 1.81.